The molecular weight excluding hydrogens is 354 g/mol. The number of ether oxygens (including phenoxy) is 1. The van der Waals surface area contributed by atoms with E-state index in [9.17, 15) is 9.90 Å². The van der Waals surface area contributed by atoms with Gasteiger partial charge >= 0.3 is 5.63 Å². The highest BCUT2D eigenvalue weighted by Crippen LogP contribution is 2.35. The zero-order chi connectivity index (χ0) is 19.7. The standard InChI is InChI=1S/C23H25NO4/c1-3-15-11-19-17(12-23(26)28-22(19)13-21(15)25)14-24-10-4-5-20(24)16-6-8-18(27-2)9-7-16/h6-9,11-13,20,25H,3-5,10,14H2,1-2H3/t20-/m0/s1. The number of hydrogen-bond acceptors (Lipinski definition) is 5. The van der Waals surface area contributed by atoms with Crippen molar-refractivity contribution in [3.63, 3.8) is 0 Å². The molecule has 0 spiro atoms. The van der Waals surface area contributed by atoms with E-state index in [1.54, 1.807) is 19.2 Å². The molecule has 146 valence electrons. The lowest BCUT2D eigenvalue weighted by molar-refractivity contribution is 0.249. The first-order chi connectivity index (χ1) is 13.6. The van der Waals surface area contributed by atoms with Crippen LogP contribution in [0.25, 0.3) is 11.0 Å². The number of methoxy groups -OCH3 is 1. The van der Waals surface area contributed by atoms with Crippen LogP contribution in [-0.4, -0.2) is 23.7 Å². The second-order valence-electron chi connectivity index (χ2n) is 7.32. The Morgan fingerprint density at radius 1 is 1.18 bits per heavy atom. The number of benzene rings is 2. The Balaban J connectivity index is 1.69. The summed E-state index contributed by atoms with van der Waals surface area (Å²) in [5.74, 6) is 1.03. The predicted molar refractivity (Wildman–Crippen MR) is 109 cm³/mol. The largest absolute Gasteiger partial charge is 0.508 e. The second-order valence-corrected chi connectivity index (χ2v) is 7.32. The Kier molecular flexibility index (Phi) is 5.09. The average molecular weight is 379 g/mol. The van der Waals surface area contributed by atoms with Crippen LogP contribution in [0.4, 0.5) is 0 Å². The van der Waals surface area contributed by atoms with E-state index in [1.165, 1.54) is 5.56 Å². The predicted octanol–water partition coefficient (Wildman–Crippen LogP) is 4.41. The number of hydrogen-bond donors (Lipinski definition) is 1. The molecular formula is C23H25NO4. The molecule has 2 aromatic carbocycles. The highest BCUT2D eigenvalue weighted by molar-refractivity contribution is 5.82. The van der Waals surface area contributed by atoms with Gasteiger partial charge in [0, 0.05) is 30.1 Å². The van der Waals surface area contributed by atoms with Gasteiger partial charge in [0.15, 0.2) is 0 Å². The van der Waals surface area contributed by atoms with Gasteiger partial charge in [0.25, 0.3) is 0 Å². The monoisotopic (exact) mass is 379 g/mol. The van der Waals surface area contributed by atoms with Gasteiger partial charge < -0.3 is 14.3 Å². The molecule has 1 fully saturated rings. The van der Waals surface area contributed by atoms with Gasteiger partial charge in [-0.3, -0.25) is 4.90 Å². The van der Waals surface area contributed by atoms with Gasteiger partial charge in [-0.2, -0.15) is 0 Å². The fourth-order valence-corrected chi connectivity index (χ4v) is 4.16. The Bertz CT molecular complexity index is 1040. The van der Waals surface area contributed by atoms with E-state index < -0.39 is 0 Å². The number of nitrogens with zero attached hydrogens (tertiary/aromatic N) is 1. The SMILES string of the molecule is CCc1cc2c(CN3CCC[C@H]3c3ccc(OC)cc3)cc(=O)oc2cc1O. The number of aryl methyl sites for hydroxylation is 1. The Labute approximate surface area is 164 Å². The van der Waals surface area contributed by atoms with Crippen LogP contribution in [0, 0.1) is 0 Å². The summed E-state index contributed by atoms with van der Waals surface area (Å²) in [5, 5.41) is 11.0. The fourth-order valence-electron chi connectivity index (χ4n) is 4.16. The van der Waals surface area contributed by atoms with Crippen molar-refractivity contribution in [1.29, 1.82) is 0 Å². The number of rotatable bonds is 5. The van der Waals surface area contributed by atoms with Crippen molar-refractivity contribution in [3.05, 3.63) is 69.6 Å². The van der Waals surface area contributed by atoms with Crippen LogP contribution in [0.15, 0.2) is 51.7 Å². The molecule has 0 amide bonds. The Morgan fingerprint density at radius 2 is 1.96 bits per heavy atom. The third kappa shape index (κ3) is 3.50. The molecule has 1 atom stereocenters. The van der Waals surface area contributed by atoms with Gasteiger partial charge in [-0.15, -0.1) is 0 Å². The third-order valence-corrected chi connectivity index (χ3v) is 5.65. The van der Waals surface area contributed by atoms with Crippen LogP contribution in [0.2, 0.25) is 0 Å². The van der Waals surface area contributed by atoms with E-state index in [1.807, 2.05) is 25.1 Å². The summed E-state index contributed by atoms with van der Waals surface area (Å²) >= 11 is 0. The maximum atomic E-state index is 12.1. The summed E-state index contributed by atoms with van der Waals surface area (Å²) in [6.07, 6.45) is 2.93. The molecule has 0 saturated carbocycles. The Morgan fingerprint density at radius 3 is 2.68 bits per heavy atom. The molecule has 0 aliphatic carbocycles. The lowest BCUT2D eigenvalue weighted by Crippen LogP contribution is -2.23. The molecule has 1 N–H and O–H groups in total. The van der Waals surface area contributed by atoms with Gasteiger partial charge in [0.1, 0.15) is 17.1 Å². The topological polar surface area (TPSA) is 62.9 Å². The minimum Gasteiger partial charge on any atom is -0.508 e. The van der Waals surface area contributed by atoms with Crippen molar-refractivity contribution in [2.24, 2.45) is 0 Å². The molecule has 1 saturated heterocycles. The average Bonchev–Trinajstić information content (AvgIpc) is 3.15. The van der Waals surface area contributed by atoms with Crippen molar-refractivity contribution in [1.82, 2.24) is 4.90 Å². The summed E-state index contributed by atoms with van der Waals surface area (Å²) in [6, 6.07) is 13.6. The van der Waals surface area contributed by atoms with E-state index in [4.69, 9.17) is 9.15 Å². The fraction of sp³-hybridized carbons (Fsp3) is 0.348. The molecule has 0 radical (unpaired) electrons. The number of phenolic OH excluding ortho intramolecular Hbond substituents is 1. The normalized spacial score (nSPS) is 17.3. The molecule has 0 unspecified atom stereocenters. The molecule has 1 aromatic heterocycles. The molecule has 2 heterocycles. The summed E-state index contributed by atoms with van der Waals surface area (Å²) in [4.78, 5) is 14.5. The van der Waals surface area contributed by atoms with Gasteiger partial charge in [-0.25, -0.2) is 4.79 Å². The molecule has 1 aliphatic rings. The molecule has 4 rings (SSSR count). The smallest absolute Gasteiger partial charge is 0.336 e. The van der Waals surface area contributed by atoms with Crippen molar-refractivity contribution in [3.8, 4) is 11.5 Å². The minimum atomic E-state index is -0.383. The second kappa shape index (κ2) is 7.68. The van der Waals surface area contributed by atoms with Crippen molar-refractivity contribution in [2.45, 2.75) is 38.8 Å². The molecule has 3 aromatic rings. The lowest BCUT2D eigenvalue weighted by atomic mass is 10.0. The summed E-state index contributed by atoms with van der Waals surface area (Å²) in [6.45, 7) is 3.66. The first-order valence-electron chi connectivity index (χ1n) is 9.75. The summed E-state index contributed by atoms with van der Waals surface area (Å²) < 4.78 is 10.6. The van der Waals surface area contributed by atoms with Crippen molar-refractivity contribution >= 4 is 11.0 Å². The number of aromatic hydroxyl groups is 1. The van der Waals surface area contributed by atoms with E-state index in [0.29, 0.717) is 18.2 Å². The number of phenols is 1. The van der Waals surface area contributed by atoms with Crippen LogP contribution >= 0.6 is 0 Å². The van der Waals surface area contributed by atoms with E-state index in [0.717, 1.165) is 48.1 Å². The number of fused-ring (bicyclic) bond motifs is 1. The molecule has 28 heavy (non-hydrogen) atoms. The zero-order valence-electron chi connectivity index (χ0n) is 16.3. The maximum absolute atomic E-state index is 12.1. The van der Waals surface area contributed by atoms with Gasteiger partial charge in [0.05, 0.1) is 7.11 Å². The highest BCUT2D eigenvalue weighted by atomic mass is 16.5. The van der Waals surface area contributed by atoms with Gasteiger partial charge in [-0.05, 0) is 60.7 Å². The molecule has 5 heteroatoms. The van der Waals surface area contributed by atoms with Crippen LogP contribution < -0.4 is 10.4 Å². The first kappa shape index (κ1) is 18.6. The van der Waals surface area contributed by atoms with E-state index in [-0.39, 0.29) is 11.4 Å². The summed E-state index contributed by atoms with van der Waals surface area (Å²) in [7, 11) is 1.67. The van der Waals surface area contributed by atoms with Gasteiger partial charge in [-0.1, -0.05) is 19.1 Å². The molecule has 1 aliphatic heterocycles. The first-order valence-corrected chi connectivity index (χ1v) is 9.75. The number of likely N-dealkylation sites (tertiary alicyclic amines) is 1. The van der Waals surface area contributed by atoms with Crippen molar-refractivity contribution < 1.29 is 14.3 Å². The third-order valence-electron chi connectivity index (χ3n) is 5.65. The van der Waals surface area contributed by atoms with Gasteiger partial charge in [0.2, 0.25) is 0 Å². The summed E-state index contributed by atoms with van der Waals surface area (Å²) in [5.41, 5.74) is 3.12. The zero-order valence-corrected chi connectivity index (χ0v) is 16.3. The van der Waals surface area contributed by atoms with Crippen molar-refractivity contribution in [2.75, 3.05) is 13.7 Å². The lowest BCUT2D eigenvalue weighted by Gasteiger charge is -2.25. The Hall–Kier alpha value is -2.79. The molecule has 0 bridgehead atoms. The van der Waals surface area contributed by atoms with Crippen LogP contribution in [0.3, 0.4) is 0 Å². The van der Waals surface area contributed by atoms with E-state index >= 15 is 0 Å². The van der Waals surface area contributed by atoms with Crippen LogP contribution in [-0.2, 0) is 13.0 Å². The van der Waals surface area contributed by atoms with Crippen LogP contribution in [0.1, 0.15) is 42.5 Å². The minimum absolute atomic E-state index is 0.174. The van der Waals surface area contributed by atoms with Crippen LogP contribution in [0.5, 0.6) is 11.5 Å². The molecule has 5 nitrogen and oxygen atoms in total. The maximum Gasteiger partial charge on any atom is 0.336 e. The quantitative estimate of drug-likeness (QED) is 0.666. The van der Waals surface area contributed by atoms with E-state index in [2.05, 4.69) is 17.0 Å². The highest BCUT2D eigenvalue weighted by Gasteiger charge is 2.27.